The molecular formula is C22H23FO. The summed E-state index contributed by atoms with van der Waals surface area (Å²) >= 11 is 0. The van der Waals surface area contributed by atoms with Crippen molar-refractivity contribution >= 4 is 17.2 Å². The molecule has 0 atom stereocenters. The van der Waals surface area contributed by atoms with E-state index in [1.807, 2.05) is 6.07 Å². The Morgan fingerprint density at radius 3 is 2.38 bits per heavy atom. The Bertz CT molecular complexity index is 810. The lowest BCUT2D eigenvalue weighted by Crippen LogP contribution is -1.89. The molecule has 2 aromatic carbocycles. The minimum Gasteiger partial charge on any atom is -0.396 e. The predicted molar refractivity (Wildman–Crippen MR) is 99.1 cm³/mol. The summed E-state index contributed by atoms with van der Waals surface area (Å²) in [5.74, 6) is 0.277. The average Bonchev–Trinajstić information content (AvgIpc) is 2.81. The zero-order valence-corrected chi connectivity index (χ0v) is 14.4. The van der Waals surface area contributed by atoms with Crippen LogP contribution in [0.5, 0.6) is 0 Å². The van der Waals surface area contributed by atoms with Crippen LogP contribution < -0.4 is 0 Å². The van der Waals surface area contributed by atoms with Gasteiger partial charge in [0.25, 0.3) is 0 Å². The van der Waals surface area contributed by atoms with Crippen molar-refractivity contribution < 1.29 is 9.50 Å². The zero-order valence-electron chi connectivity index (χ0n) is 14.4. The third kappa shape index (κ3) is 3.07. The van der Waals surface area contributed by atoms with Crippen molar-refractivity contribution in [1.82, 2.24) is 0 Å². The summed E-state index contributed by atoms with van der Waals surface area (Å²) in [5, 5.41) is 9.35. The highest BCUT2D eigenvalue weighted by Crippen LogP contribution is 2.43. The fourth-order valence-corrected chi connectivity index (χ4v) is 3.33. The first kappa shape index (κ1) is 16.7. The van der Waals surface area contributed by atoms with Gasteiger partial charge in [-0.3, -0.25) is 0 Å². The summed E-state index contributed by atoms with van der Waals surface area (Å²) in [6, 6.07) is 13.5. The molecule has 24 heavy (non-hydrogen) atoms. The van der Waals surface area contributed by atoms with E-state index in [1.165, 1.54) is 11.6 Å². The number of benzene rings is 2. The molecule has 0 aliphatic heterocycles. The highest BCUT2D eigenvalue weighted by atomic mass is 19.1. The molecule has 3 rings (SSSR count). The van der Waals surface area contributed by atoms with Gasteiger partial charge in [-0.25, -0.2) is 4.39 Å². The van der Waals surface area contributed by atoms with Crippen LogP contribution in [0.2, 0.25) is 0 Å². The van der Waals surface area contributed by atoms with E-state index >= 15 is 0 Å². The summed E-state index contributed by atoms with van der Waals surface area (Å²) < 4.78 is 13.7. The van der Waals surface area contributed by atoms with Crippen LogP contribution in [0.15, 0.2) is 48.0 Å². The van der Waals surface area contributed by atoms with Gasteiger partial charge in [0.2, 0.25) is 0 Å². The fraction of sp³-hybridized carbons (Fsp3) is 0.273. The predicted octanol–water partition coefficient (Wildman–Crippen LogP) is 5.66. The van der Waals surface area contributed by atoms with Gasteiger partial charge in [0, 0.05) is 6.61 Å². The van der Waals surface area contributed by atoms with Gasteiger partial charge in [0.15, 0.2) is 0 Å². The number of hydrogen-bond donors (Lipinski definition) is 1. The third-order valence-corrected chi connectivity index (χ3v) is 4.73. The van der Waals surface area contributed by atoms with Gasteiger partial charge < -0.3 is 5.11 Å². The number of aliphatic hydroxyl groups is 1. The maximum Gasteiger partial charge on any atom is 0.123 e. The monoisotopic (exact) mass is 322 g/mol. The minimum atomic E-state index is -0.237. The number of allylic oxidation sites excluding steroid dienone is 2. The van der Waals surface area contributed by atoms with Crippen molar-refractivity contribution in [3.8, 4) is 0 Å². The summed E-state index contributed by atoms with van der Waals surface area (Å²) in [7, 11) is 0. The van der Waals surface area contributed by atoms with E-state index in [-0.39, 0.29) is 12.4 Å². The molecule has 1 N–H and O–H groups in total. The zero-order chi connectivity index (χ0) is 17.3. The van der Waals surface area contributed by atoms with E-state index < -0.39 is 0 Å². The molecule has 0 saturated heterocycles. The molecule has 2 heteroatoms. The van der Waals surface area contributed by atoms with Crippen molar-refractivity contribution in [2.24, 2.45) is 0 Å². The van der Waals surface area contributed by atoms with Crippen molar-refractivity contribution in [2.45, 2.75) is 33.1 Å². The SMILES string of the molecule is CC1=C(CCO)c2cc(F)ccc2C1=Cc1ccc(C(C)C)cc1. The molecule has 0 spiro atoms. The van der Waals surface area contributed by atoms with E-state index in [9.17, 15) is 9.50 Å². The van der Waals surface area contributed by atoms with E-state index in [0.29, 0.717) is 12.3 Å². The van der Waals surface area contributed by atoms with E-state index in [1.54, 1.807) is 6.07 Å². The summed E-state index contributed by atoms with van der Waals surface area (Å²) in [6.07, 6.45) is 2.70. The Kier molecular flexibility index (Phi) is 4.68. The van der Waals surface area contributed by atoms with Crippen LogP contribution in [0.25, 0.3) is 17.2 Å². The largest absolute Gasteiger partial charge is 0.396 e. The number of halogens is 1. The highest BCUT2D eigenvalue weighted by Gasteiger charge is 2.23. The van der Waals surface area contributed by atoms with Crippen molar-refractivity contribution in [3.63, 3.8) is 0 Å². The third-order valence-electron chi connectivity index (χ3n) is 4.73. The minimum absolute atomic E-state index is 0.0684. The van der Waals surface area contributed by atoms with Crippen molar-refractivity contribution in [2.75, 3.05) is 6.61 Å². The van der Waals surface area contributed by atoms with Crippen LogP contribution in [0.1, 0.15) is 55.4 Å². The second-order valence-corrected chi connectivity index (χ2v) is 6.65. The van der Waals surface area contributed by atoms with Gasteiger partial charge in [-0.2, -0.15) is 0 Å². The quantitative estimate of drug-likeness (QED) is 0.770. The van der Waals surface area contributed by atoms with Gasteiger partial charge in [-0.05, 0) is 76.4 Å². The molecule has 0 saturated carbocycles. The summed E-state index contributed by atoms with van der Waals surface area (Å²) in [6.45, 7) is 6.49. The number of fused-ring (bicyclic) bond motifs is 1. The van der Waals surface area contributed by atoms with Crippen LogP contribution >= 0.6 is 0 Å². The standard InChI is InChI=1S/C22H23FO/c1-14(2)17-6-4-16(5-7-17)12-21-15(3)19(10-11-24)22-13-18(23)8-9-20(21)22/h4-9,12-14,24H,10-11H2,1-3H3. The number of aliphatic hydroxyl groups excluding tert-OH is 1. The Labute approximate surface area is 143 Å². The molecule has 0 bridgehead atoms. The van der Waals surface area contributed by atoms with Gasteiger partial charge in [-0.15, -0.1) is 0 Å². The normalized spacial score (nSPS) is 15.5. The maximum absolute atomic E-state index is 13.7. The molecule has 0 radical (unpaired) electrons. The first-order valence-corrected chi connectivity index (χ1v) is 8.44. The maximum atomic E-state index is 13.7. The second-order valence-electron chi connectivity index (χ2n) is 6.65. The lowest BCUT2D eigenvalue weighted by Gasteiger charge is -2.07. The molecule has 0 amide bonds. The molecule has 124 valence electrons. The topological polar surface area (TPSA) is 20.2 Å². The molecule has 0 heterocycles. The molecule has 1 nitrogen and oxygen atoms in total. The average molecular weight is 322 g/mol. The van der Waals surface area contributed by atoms with Gasteiger partial charge >= 0.3 is 0 Å². The lowest BCUT2D eigenvalue weighted by molar-refractivity contribution is 0.305. The molecule has 0 aromatic heterocycles. The van der Waals surface area contributed by atoms with Crippen molar-refractivity contribution in [3.05, 3.63) is 76.1 Å². The van der Waals surface area contributed by atoms with Crippen LogP contribution in [0.3, 0.4) is 0 Å². The Morgan fingerprint density at radius 1 is 1.04 bits per heavy atom. The Hall–Kier alpha value is -2.19. The molecule has 0 fully saturated rings. The lowest BCUT2D eigenvalue weighted by atomic mass is 9.98. The first-order chi connectivity index (χ1) is 11.5. The second kappa shape index (κ2) is 6.74. The van der Waals surface area contributed by atoms with Crippen molar-refractivity contribution in [1.29, 1.82) is 0 Å². The van der Waals surface area contributed by atoms with Crippen LogP contribution in [-0.2, 0) is 0 Å². The highest BCUT2D eigenvalue weighted by molar-refractivity contribution is 6.05. The fourth-order valence-electron chi connectivity index (χ4n) is 3.33. The van der Waals surface area contributed by atoms with E-state index in [4.69, 9.17) is 0 Å². The summed E-state index contributed by atoms with van der Waals surface area (Å²) in [4.78, 5) is 0. The van der Waals surface area contributed by atoms with Gasteiger partial charge in [0.05, 0.1) is 0 Å². The summed E-state index contributed by atoms with van der Waals surface area (Å²) in [5.41, 5.74) is 7.69. The molecule has 0 unspecified atom stereocenters. The van der Waals surface area contributed by atoms with Crippen LogP contribution in [0, 0.1) is 5.82 Å². The number of rotatable bonds is 4. The Morgan fingerprint density at radius 2 is 1.75 bits per heavy atom. The smallest absolute Gasteiger partial charge is 0.123 e. The molecule has 1 aliphatic rings. The van der Waals surface area contributed by atoms with Crippen LogP contribution in [-0.4, -0.2) is 11.7 Å². The molecule has 2 aromatic rings. The Balaban J connectivity index is 2.07. The number of hydrogen-bond acceptors (Lipinski definition) is 1. The van der Waals surface area contributed by atoms with E-state index in [2.05, 4.69) is 51.1 Å². The van der Waals surface area contributed by atoms with Crippen LogP contribution in [0.4, 0.5) is 4.39 Å². The van der Waals surface area contributed by atoms with Gasteiger partial charge in [0.1, 0.15) is 5.82 Å². The van der Waals surface area contributed by atoms with Gasteiger partial charge in [-0.1, -0.05) is 44.2 Å². The molecule has 1 aliphatic carbocycles. The first-order valence-electron chi connectivity index (χ1n) is 8.44. The van der Waals surface area contributed by atoms with E-state index in [0.717, 1.165) is 33.4 Å². The molecular weight excluding hydrogens is 299 g/mol.